The molecule has 0 saturated carbocycles. The molecule has 6 nitrogen and oxygen atoms in total. The van der Waals surface area contributed by atoms with Gasteiger partial charge in [-0.3, -0.25) is 4.79 Å². The number of amides is 1. The Morgan fingerprint density at radius 2 is 1.80 bits per heavy atom. The van der Waals surface area contributed by atoms with Crippen LogP contribution in [0.3, 0.4) is 0 Å². The molecule has 30 heavy (non-hydrogen) atoms. The molecule has 2 aromatic carbocycles. The number of nitriles is 1. The van der Waals surface area contributed by atoms with E-state index in [4.69, 9.17) is 16.3 Å². The van der Waals surface area contributed by atoms with Gasteiger partial charge in [-0.25, -0.2) is 9.78 Å². The molecule has 3 aromatic rings. The predicted molar refractivity (Wildman–Crippen MR) is 114 cm³/mol. The van der Waals surface area contributed by atoms with Gasteiger partial charge in [0.15, 0.2) is 11.3 Å². The molecule has 0 aliphatic heterocycles. The van der Waals surface area contributed by atoms with Gasteiger partial charge >= 0.3 is 5.97 Å². The summed E-state index contributed by atoms with van der Waals surface area (Å²) in [5.74, 6) is -1.18. The minimum absolute atomic E-state index is 0.141. The number of rotatable bonds is 6. The average molecular weight is 438 g/mol. The van der Waals surface area contributed by atoms with E-state index in [0.717, 1.165) is 4.90 Å². The van der Waals surface area contributed by atoms with Gasteiger partial charge < -0.3 is 10.1 Å². The molecule has 0 fully saturated rings. The molecule has 0 spiro atoms. The van der Waals surface area contributed by atoms with E-state index in [1.165, 1.54) is 24.9 Å². The van der Waals surface area contributed by atoms with E-state index >= 15 is 0 Å². The molecule has 0 saturated heterocycles. The van der Waals surface area contributed by atoms with Crippen LogP contribution in [0.4, 0.5) is 5.69 Å². The maximum atomic E-state index is 12.7. The number of ether oxygens (including phenoxy) is 1. The van der Waals surface area contributed by atoms with Crippen molar-refractivity contribution in [1.29, 1.82) is 5.26 Å². The zero-order chi connectivity index (χ0) is 21.5. The van der Waals surface area contributed by atoms with E-state index in [0.29, 0.717) is 21.7 Å². The van der Waals surface area contributed by atoms with Crippen molar-refractivity contribution in [3.05, 3.63) is 83.1 Å². The maximum absolute atomic E-state index is 12.7. The second kappa shape index (κ2) is 9.92. The molecule has 0 radical (unpaired) electrons. The normalized spacial score (nSPS) is 11.2. The number of pyridine rings is 1. The van der Waals surface area contributed by atoms with Crippen molar-refractivity contribution in [3.8, 4) is 6.07 Å². The molecule has 1 unspecified atom stereocenters. The summed E-state index contributed by atoms with van der Waals surface area (Å²) in [6.07, 6.45) is 0.443. The molecule has 1 aromatic heterocycles. The number of anilines is 1. The zero-order valence-electron chi connectivity index (χ0n) is 15.8. The number of benzene rings is 2. The highest BCUT2D eigenvalue weighted by atomic mass is 35.5. The third-order valence-corrected chi connectivity index (χ3v) is 5.46. The SMILES string of the molecule is CC(OC(=O)c1ccccc1Sc1ccccc1C#N)C(=O)Nc1cccnc1Cl. The Balaban J connectivity index is 1.73. The minimum Gasteiger partial charge on any atom is -0.449 e. The number of halogens is 1. The van der Waals surface area contributed by atoms with Gasteiger partial charge in [0.2, 0.25) is 0 Å². The Kier molecular flexibility index (Phi) is 7.07. The van der Waals surface area contributed by atoms with E-state index in [1.54, 1.807) is 54.6 Å². The highest BCUT2D eigenvalue weighted by molar-refractivity contribution is 7.99. The number of esters is 1. The van der Waals surface area contributed by atoms with Crippen LogP contribution in [0.5, 0.6) is 0 Å². The fraction of sp³-hybridized carbons (Fsp3) is 0.0909. The first-order valence-corrected chi connectivity index (χ1v) is 10.1. The molecular formula is C22H16ClN3O3S. The van der Waals surface area contributed by atoms with E-state index in [2.05, 4.69) is 16.4 Å². The Labute approximate surface area is 182 Å². The number of hydrogen-bond acceptors (Lipinski definition) is 6. The molecule has 8 heteroatoms. The summed E-state index contributed by atoms with van der Waals surface area (Å²) in [5, 5.41) is 12.0. The summed E-state index contributed by atoms with van der Waals surface area (Å²) in [5.41, 5.74) is 1.14. The molecule has 1 heterocycles. The van der Waals surface area contributed by atoms with Gasteiger partial charge in [0, 0.05) is 16.0 Å². The topological polar surface area (TPSA) is 92.1 Å². The molecule has 150 valence electrons. The molecule has 0 aliphatic rings. The van der Waals surface area contributed by atoms with Crippen molar-refractivity contribution in [2.75, 3.05) is 5.32 Å². The predicted octanol–water partition coefficient (Wildman–Crippen LogP) is 4.94. The summed E-state index contributed by atoms with van der Waals surface area (Å²) in [6.45, 7) is 1.47. The smallest absolute Gasteiger partial charge is 0.340 e. The van der Waals surface area contributed by atoms with E-state index in [1.807, 2.05) is 6.07 Å². The first kappa shape index (κ1) is 21.4. The monoisotopic (exact) mass is 437 g/mol. The molecule has 1 N–H and O–H groups in total. The van der Waals surface area contributed by atoms with Crippen molar-refractivity contribution >= 4 is 40.9 Å². The molecule has 0 aliphatic carbocycles. The molecule has 1 amide bonds. The van der Waals surface area contributed by atoms with Gasteiger partial charge in [0.05, 0.1) is 16.8 Å². The van der Waals surface area contributed by atoms with Gasteiger partial charge in [-0.05, 0) is 43.3 Å². The summed E-state index contributed by atoms with van der Waals surface area (Å²) >= 11 is 7.22. The zero-order valence-corrected chi connectivity index (χ0v) is 17.4. The first-order chi connectivity index (χ1) is 14.5. The van der Waals surface area contributed by atoms with Crippen LogP contribution in [0, 0.1) is 11.3 Å². The average Bonchev–Trinajstić information content (AvgIpc) is 2.76. The van der Waals surface area contributed by atoms with Crippen molar-refractivity contribution in [1.82, 2.24) is 4.98 Å². The number of carbonyl (C=O) groups excluding carboxylic acids is 2. The third-order valence-electron chi connectivity index (χ3n) is 4.00. The summed E-state index contributed by atoms with van der Waals surface area (Å²) < 4.78 is 5.35. The van der Waals surface area contributed by atoms with E-state index < -0.39 is 18.0 Å². The van der Waals surface area contributed by atoms with Gasteiger partial charge in [-0.2, -0.15) is 5.26 Å². The molecule has 3 rings (SSSR count). The van der Waals surface area contributed by atoms with E-state index in [9.17, 15) is 14.9 Å². The van der Waals surface area contributed by atoms with Gasteiger partial charge in [-0.15, -0.1) is 0 Å². The number of carbonyl (C=O) groups is 2. The van der Waals surface area contributed by atoms with Gasteiger partial charge in [0.1, 0.15) is 6.07 Å². The van der Waals surface area contributed by atoms with Crippen molar-refractivity contribution in [2.24, 2.45) is 0 Å². The van der Waals surface area contributed by atoms with Crippen LogP contribution in [0.2, 0.25) is 5.15 Å². The highest BCUT2D eigenvalue weighted by Gasteiger charge is 2.22. The molecule has 0 bridgehead atoms. The minimum atomic E-state index is -1.06. The Bertz CT molecular complexity index is 1130. The molecular weight excluding hydrogens is 422 g/mol. The van der Waals surface area contributed by atoms with Crippen LogP contribution < -0.4 is 5.32 Å². The lowest BCUT2D eigenvalue weighted by Gasteiger charge is -2.15. The van der Waals surface area contributed by atoms with Crippen LogP contribution in [0.25, 0.3) is 0 Å². The lowest BCUT2D eigenvalue weighted by atomic mass is 10.2. The number of nitrogens with one attached hydrogen (secondary N) is 1. The summed E-state index contributed by atoms with van der Waals surface area (Å²) in [4.78, 5) is 30.3. The van der Waals surface area contributed by atoms with Crippen LogP contribution >= 0.6 is 23.4 Å². The van der Waals surface area contributed by atoms with Crippen LogP contribution in [-0.2, 0) is 9.53 Å². The van der Waals surface area contributed by atoms with E-state index in [-0.39, 0.29) is 5.15 Å². The number of aromatic nitrogens is 1. The van der Waals surface area contributed by atoms with Crippen molar-refractivity contribution < 1.29 is 14.3 Å². The lowest BCUT2D eigenvalue weighted by Crippen LogP contribution is -2.30. The quantitative estimate of drug-likeness (QED) is 0.433. The van der Waals surface area contributed by atoms with Crippen LogP contribution in [-0.4, -0.2) is 23.0 Å². The fourth-order valence-electron chi connectivity index (χ4n) is 2.48. The first-order valence-electron chi connectivity index (χ1n) is 8.88. The lowest BCUT2D eigenvalue weighted by molar-refractivity contribution is -0.123. The third kappa shape index (κ3) is 5.17. The largest absolute Gasteiger partial charge is 0.449 e. The number of hydrogen-bond donors (Lipinski definition) is 1. The highest BCUT2D eigenvalue weighted by Crippen LogP contribution is 2.33. The molecule has 1 atom stereocenters. The van der Waals surface area contributed by atoms with Crippen molar-refractivity contribution in [3.63, 3.8) is 0 Å². The number of nitrogens with zero attached hydrogens (tertiary/aromatic N) is 2. The summed E-state index contributed by atoms with van der Waals surface area (Å²) in [6, 6.07) is 19.3. The van der Waals surface area contributed by atoms with Crippen molar-refractivity contribution in [2.45, 2.75) is 22.8 Å². The standard InChI is InChI=1S/C22H16ClN3O3S/c1-14(21(27)26-17-9-6-12-25-20(17)23)29-22(28)16-8-3-5-11-19(16)30-18-10-4-2-7-15(18)13-24/h2-12,14H,1H3,(H,26,27). The van der Waals surface area contributed by atoms with Crippen LogP contribution in [0.15, 0.2) is 76.7 Å². The van der Waals surface area contributed by atoms with Crippen LogP contribution in [0.1, 0.15) is 22.8 Å². The fourth-order valence-corrected chi connectivity index (χ4v) is 3.66. The Hall–Kier alpha value is -3.34. The maximum Gasteiger partial charge on any atom is 0.340 e. The Morgan fingerprint density at radius 3 is 2.53 bits per heavy atom. The second-order valence-corrected chi connectivity index (χ2v) is 7.53. The van der Waals surface area contributed by atoms with Gasteiger partial charge in [0.25, 0.3) is 5.91 Å². The van der Waals surface area contributed by atoms with Gasteiger partial charge in [-0.1, -0.05) is 47.6 Å². The Morgan fingerprint density at radius 1 is 1.10 bits per heavy atom. The second-order valence-electron chi connectivity index (χ2n) is 6.08. The summed E-state index contributed by atoms with van der Waals surface area (Å²) in [7, 11) is 0.